The smallest absolute Gasteiger partial charge is 0.336 e. The summed E-state index contributed by atoms with van der Waals surface area (Å²) < 4.78 is 10.2. The van der Waals surface area contributed by atoms with Crippen LogP contribution in [0.3, 0.4) is 0 Å². The number of hydrogen-bond acceptors (Lipinski definition) is 5. The lowest BCUT2D eigenvalue weighted by atomic mass is 9.79. The molecule has 0 spiro atoms. The Kier molecular flexibility index (Phi) is 6.32. The van der Waals surface area contributed by atoms with Crippen LogP contribution in [0.4, 0.5) is 5.69 Å². The van der Waals surface area contributed by atoms with Crippen LogP contribution in [0.5, 0.6) is 0 Å². The van der Waals surface area contributed by atoms with Gasteiger partial charge in [0.1, 0.15) is 0 Å². The minimum absolute atomic E-state index is 0.381. The normalized spacial score (nSPS) is 14.8. The van der Waals surface area contributed by atoms with Crippen molar-refractivity contribution in [3.05, 3.63) is 87.2 Å². The summed E-state index contributed by atoms with van der Waals surface area (Å²) in [6.45, 7) is 5.71. The quantitative estimate of drug-likeness (QED) is 0.634. The van der Waals surface area contributed by atoms with Gasteiger partial charge in [0.25, 0.3) is 0 Å². The predicted octanol–water partition coefficient (Wildman–Crippen LogP) is 5.15. The van der Waals surface area contributed by atoms with Gasteiger partial charge in [-0.1, -0.05) is 41.4 Å². The van der Waals surface area contributed by atoms with Gasteiger partial charge in [-0.2, -0.15) is 0 Å². The average molecular weight is 426 g/mol. The number of halogens is 1. The topological polar surface area (TPSA) is 55.8 Å². The lowest BCUT2D eigenvalue weighted by Gasteiger charge is -2.37. The molecule has 0 aromatic heterocycles. The summed E-state index contributed by atoms with van der Waals surface area (Å²) in [5.74, 6) is -1.64. The molecule has 0 N–H and O–H groups in total. The first-order valence-electron chi connectivity index (χ1n) is 9.50. The third-order valence-corrected chi connectivity index (χ3v) is 5.59. The molecule has 156 valence electrons. The Bertz CT molecular complexity index is 996. The summed E-state index contributed by atoms with van der Waals surface area (Å²) in [5, 5.41) is 0.566. The first kappa shape index (κ1) is 21.7. The summed E-state index contributed by atoms with van der Waals surface area (Å²) in [5.41, 5.74) is 4.85. The molecule has 0 radical (unpaired) electrons. The van der Waals surface area contributed by atoms with Gasteiger partial charge in [-0.25, -0.2) is 9.59 Å². The van der Waals surface area contributed by atoms with Crippen molar-refractivity contribution in [1.29, 1.82) is 0 Å². The van der Waals surface area contributed by atoms with E-state index in [1.54, 1.807) is 24.3 Å². The third-order valence-electron chi connectivity index (χ3n) is 5.33. The number of aryl methyl sites for hydroxylation is 1. The standard InChI is InChI=1S/C24H24ClNO4/c1-14-6-12-19(13-7-14)26-15(2)20(23(27)29-4)22(17-8-10-18(25)11-9-17)21(16(26)3)24(28)30-5/h6-13,22H,1-5H3. The molecule has 0 amide bonds. The SMILES string of the molecule is COC(=O)C1=C(C)N(c2ccc(C)cc2)C(C)=C(C(=O)OC)C1c1ccc(Cl)cc1. The van der Waals surface area contributed by atoms with Gasteiger partial charge in [0.15, 0.2) is 0 Å². The van der Waals surface area contributed by atoms with Crippen LogP contribution in [-0.2, 0) is 19.1 Å². The second-order valence-electron chi connectivity index (χ2n) is 7.14. The Morgan fingerprint density at radius 1 is 0.800 bits per heavy atom. The Morgan fingerprint density at radius 3 is 1.70 bits per heavy atom. The highest BCUT2D eigenvalue weighted by Crippen LogP contribution is 2.44. The highest BCUT2D eigenvalue weighted by atomic mass is 35.5. The molecule has 0 saturated carbocycles. The lowest BCUT2D eigenvalue weighted by Crippen LogP contribution is -2.35. The first-order chi connectivity index (χ1) is 14.3. The van der Waals surface area contributed by atoms with Gasteiger partial charge < -0.3 is 14.4 Å². The van der Waals surface area contributed by atoms with Crippen molar-refractivity contribution in [2.24, 2.45) is 0 Å². The molecule has 5 nitrogen and oxygen atoms in total. The van der Waals surface area contributed by atoms with Crippen molar-refractivity contribution < 1.29 is 19.1 Å². The number of benzene rings is 2. The monoisotopic (exact) mass is 425 g/mol. The van der Waals surface area contributed by atoms with Crippen molar-refractivity contribution in [3.63, 3.8) is 0 Å². The number of rotatable bonds is 4. The molecule has 0 atom stereocenters. The van der Waals surface area contributed by atoms with Gasteiger partial charge in [0.05, 0.1) is 31.3 Å². The zero-order valence-electron chi connectivity index (χ0n) is 17.7. The Hall–Kier alpha value is -3.05. The van der Waals surface area contributed by atoms with Crippen molar-refractivity contribution in [2.75, 3.05) is 19.1 Å². The van der Waals surface area contributed by atoms with E-state index < -0.39 is 17.9 Å². The number of esters is 2. The van der Waals surface area contributed by atoms with E-state index >= 15 is 0 Å². The minimum Gasteiger partial charge on any atom is -0.466 e. The number of methoxy groups -OCH3 is 2. The summed E-state index contributed by atoms with van der Waals surface area (Å²) in [4.78, 5) is 27.7. The van der Waals surface area contributed by atoms with Crippen molar-refractivity contribution in [3.8, 4) is 0 Å². The average Bonchev–Trinajstić information content (AvgIpc) is 2.74. The molecule has 3 rings (SSSR count). The molecule has 0 aliphatic carbocycles. The molecule has 30 heavy (non-hydrogen) atoms. The Labute approximate surface area is 181 Å². The molecule has 0 fully saturated rings. The fourth-order valence-electron chi connectivity index (χ4n) is 3.88. The minimum atomic E-state index is -0.635. The predicted molar refractivity (Wildman–Crippen MR) is 117 cm³/mol. The van der Waals surface area contributed by atoms with Gasteiger partial charge in [-0.15, -0.1) is 0 Å². The fourth-order valence-corrected chi connectivity index (χ4v) is 4.00. The maximum atomic E-state index is 12.9. The van der Waals surface area contributed by atoms with E-state index in [1.807, 2.05) is 49.9 Å². The van der Waals surface area contributed by atoms with Gasteiger partial charge in [-0.05, 0) is 50.6 Å². The van der Waals surface area contributed by atoms with E-state index in [4.69, 9.17) is 21.1 Å². The van der Waals surface area contributed by atoms with Gasteiger partial charge >= 0.3 is 11.9 Å². The van der Waals surface area contributed by atoms with Crippen LogP contribution < -0.4 is 4.90 Å². The molecule has 2 aromatic rings. The summed E-state index contributed by atoms with van der Waals surface area (Å²) in [6, 6.07) is 15.0. The Morgan fingerprint density at radius 2 is 1.27 bits per heavy atom. The third kappa shape index (κ3) is 3.85. The van der Waals surface area contributed by atoms with E-state index in [-0.39, 0.29) is 0 Å². The number of anilines is 1. The van der Waals surface area contributed by atoms with Gasteiger partial charge in [0, 0.05) is 22.1 Å². The second kappa shape index (κ2) is 8.76. The van der Waals surface area contributed by atoms with E-state index in [0.29, 0.717) is 27.6 Å². The van der Waals surface area contributed by atoms with Gasteiger partial charge in [0.2, 0.25) is 0 Å². The molecule has 1 heterocycles. The number of allylic oxidation sites excluding steroid dienone is 2. The maximum Gasteiger partial charge on any atom is 0.336 e. The molecule has 0 unspecified atom stereocenters. The van der Waals surface area contributed by atoms with Crippen LogP contribution in [0, 0.1) is 6.92 Å². The number of carbonyl (C=O) groups excluding carboxylic acids is 2. The summed E-state index contributed by atoms with van der Waals surface area (Å²) in [6.07, 6.45) is 0. The fraction of sp³-hybridized carbons (Fsp3) is 0.250. The van der Waals surface area contributed by atoms with Gasteiger partial charge in [-0.3, -0.25) is 0 Å². The van der Waals surface area contributed by atoms with Crippen LogP contribution in [-0.4, -0.2) is 26.2 Å². The van der Waals surface area contributed by atoms with Crippen molar-refractivity contribution >= 4 is 29.2 Å². The number of nitrogens with zero attached hydrogens (tertiary/aromatic N) is 1. The van der Waals surface area contributed by atoms with Crippen LogP contribution in [0.2, 0.25) is 5.02 Å². The van der Waals surface area contributed by atoms with E-state index in [9.17, 15) is 9.59 Å². The zero-order valence-corrected chi connectivity index (χ0v) is 18.4. The molecule has 0 bridgehead atoms. The Balaban J connectivity index is 2.32. The zero-order chi connectivity index (χ0) is 22.0. The summed E-state index contributed by atoms with van der Waals surface area (Å²) >= 11 is 6.06. The molecular weight excluding hydrogens is 402 g/mol. The van der Waals surface area contributed by atoms with Crippen LogP contribution in [0.1, 0.15) is 30.9 Å². The maximum absolute atomic E-state index is 12.9. The van der Waals surface area contributed by atoms with E-state index in [0.717, 1.165) is 16.8 Å². The van der Waals surface area contributed by atoms with Crippen LogP contribution in [0.15, 0.2) is 71.1 Å². The molecule has 1 aliphatic heterocycles. The second-order valence-corrected chi connectivity index (χ2v) is 7.57. The lowest BCUT2D eigenvalue weighted by molar-refractivity contribution is -0.137. The largest absolute Gasteiger partial charge is 0.466 e. The van der Waals surface area contributed by atoms with Crippen LogP contribution in [0.25, 0.3) is 0 Å². The highest BCUT2D eigenvalue weighted by molar-refractivity contribution is 6.30. The van der Waals surface area contributed by atoms with Crippen molar-refractivity contribution in [1.82, 2.24) is 0 Å². The summed E-state index contributed by atoms with van der Waals surface area (Å²) in [7, 11) is 2.67. The first-order valence-corrected chi connectivity index (χ1v) is 9.88. The molecule has 6 heteroatoms. The molecule has 2 aromatic carbocycles. The number of ether oxygens (including phenoxy) is 2. The van der Waals surface area contributed by atoms with E-state index in [1.165, 1.54) is 14.2 Å². The molecule has 0 saturated heterocycles. The number of carbonyl (C=O) groups is 2. The number of hydrogen-bond donors (Lipinski definition) is 0. The highest BCUT2D eigenvalue weighted by Gasteiger charge is 2.40. The molecule has 1 aliphatic rings. The molecular formula is C24H24ClNO4. The van der Waals surface area contributed by atoms with Crippen LogP contribution >= 0.6 is 11.6 Å². The van der Waals surface area contributed by atoms with E-state index in [2.05, 4.69) is 0 Å². The van der Waals surface area contributed by atoms with Crippen molar-refractivity contribution in [2.45, 2.75) is 26.7 Å².